The number of hydrogen-bond donors (Lipinski definition) is 1. The van der Waals surface area contributed by atoms with E-state index < -0.39 is 6.10 Å². The van der Waals surface area contributed by atoms with E-state index in [2.05, 4.69) is 15.2 Å². The number of nitrogen functional groups attached to an aromatic ring is 1. The first-order valence-corrected chi connectivity index (χ1v) is 10.4. The lowest BCUT2D eigenvalue weighted by atomic mass is 10.0. The van der Waals surface area contributed by atoms with Gasteiger partial charge in [0.05, 0.1) is 30.4 Å². The number of aryl methyl sites for hydroxylation is 1. The van der Waals surface area contributed by atoms with Crippen LogP contribution < -0.4 is 15.2 Å². The highest BCUT2D eigenvalue weighted by atomic mass is 19.1. The number of anilines is 1. The molecule has 0 saturated heterocycles. The number of pyridine rings is 1. The van der Waals surface area contributed by atoms with Crippen LogP contribution in [0.15, 0.2) is 42.7 Å². The largest absolute Gasteiger partial charge is 0.482 e. The maximum absolute atomic E-state index is 14.3. The highest BCUT2D eigenvalue weighted by Gasteiger charge is 2.24. The number of methoxy groups -OCH3 is 1. The fraction of sp³-hybridized carbons (Fsp3) is 0.261. The monoisotopic (exact) mass is 434 g/mol. The van der Waals surface area contributed by atoms with Crippen molar-refractivity contribution in [2.45, 2.75) is 32.9 Å². The molecule has 4 heterocycles. The molecule has 0 aliphatic carbocycles. The molecule has 1 aromatic carbocycles. The summed E-state index contributed by atoms with van der Waals surface area (Å²) < 4.78 is 29.6. The lowest BCUT2D eigenvalue weighted by Gasteiger charge is -2.21. The lowest BCUT2D eigenvalue weighted by molar-refractivity contribution is 0.226. The molecule has 8 nitrogen and oxygen atoms in total. The van der Waals surface area contributed by atoms with Gasteiger partial charge in [-0.05, 0) is 38.1 Å². The molecule has 0 fully saturated rings. The number of nitrogens with zero attached hydrogens (tertiary/aromatic N) is 5. The molecule has 164 valence electrons. The van der Waals surface area contributed by atoms with E-state index in [4.69, 9.17) is 15.2 Å². The van der Waals surface area contributed by atoms with Crippen LogP contribution in [0.1, 0.15) is 36.8 Å². The van der Waals surface area contributed by atoms with Crippen molar-refractivity contribution < 1.29 is 13.9 Å². The summed E-state index contributed by atoms with van der Waals surface area (Å²) in [5.41, 5.74) is 11.1. The van der Waals surface area contributed by atoms with Gasteiger partial charge in [0.1, 0.15) is 11.9 Å². The van der Waals surface area contributed by atoms with Crippen LogP contribution >= 0.6 is 0 Å². The van der Waals surface area contributed by atoms with E-state index in [-0.39, 0.29) is 11.6 Å². The summed E-state index contributed by atoms with van der Waals surface area (Å²) in [4.78, 5) is 4.35. The maximum Gasteiger partial charge on any atom is 0.233 e. The molecular weight excluding hydrogens is 411 g/mol. The highest BCUT2D eigenvalue weighted by Crippen LogP contribution is 2.36. The predicted octanol–water partition coefficient (Wildman–Crippen LogP) is 3.92. The van der Waals surface area contributed by atoms with Crippen LogP contribution in [0, 0.1) is 5.82 Å². The Labute approximate surface area is 184 Å². The topological polar surface area (TPSA) is 93.0 Å². The van der Waals surface area contributed by atoms with Gasteiger partial charge in [-0.2, -0.15) is 5.10 Å². The quantitative estimate of drug-likeness (QED) is 0.514. The van der Waals surface area contributed by atoms with Crippen molar-refractivity contribution in [3.05, 3.63) is 65.4 Å². The van der Waals surface area contributed by atoms with Gasteiger partial charge in [0.2, 0.25) is 5.88 Å². The first-order chi connectivity index (χ1) is 15.5. The summed E-state index contributed by atoms with van der Waals surface area (Å²) in [6.45, 7) is 4.57. The molecule has 0 spiro atoms. The molecule has 9 heteroatoms. The number of ether oxygens (including phenoxy) is 2. The van der Waals surface area contributed by atoms with Gasteiger partial charge in [-0.25, -0.2) is 14.1 Å². The van der Waals surface area contributed by atoms with Gasteiger partial charge in [0.25, 0.3) is 0 Å². The number of nitrogens with two attached hydrogens (primary N) is 1. The number of fused-ring (bicyclic) bond motifs is 7. The zero-order valence-corrected chi connectivity index (χ0v) is 18.0. The van der Waals surface area contributed by atoms with Gasteiger partial charge in [-0.15, -0.1) is 5.10 Å². The van der Waals surface area contributed by atoms with Crippen molar-refractivity contribution in [2.24, 2.45) is 0 Å². The van der Waals surface area contributed by atoms with Crippen molar-refractivity contribution in [3.8, 4) is 28.6 Å². The normalized spacial score (nSPS) is 14.9. The summed E-state index contributed by atoms with van der Waals surface area (Å²) in [5, 5.41) is 9.16. The molecule has 1 aliphatic rings. The first-order valence-electron chi connectivity index (χ1n) is 10.4. The molecule has 2 bridgehead atoms. The molecule has 0 radical (unpaired) electrons. The van der Waals surface area contributed by atoms with Gasteiger partial charge < -0.3 is 15.2 Å². The van der Waals surface area contributed by atoms with Crippen LogP contribution in [0.5, 0.6) is 11.6 Å². The van der Waals surface area contributed by atoms with E-state index in [1.165, 1.54) is 12.1 Å². The minimum absolute atomic E-state index is 0.265. The summed E-state index contributed by atoms with van der Waals surface area (Å²) in [5.74, 6) is 0.799. The third-order valence-electron chi connectivity index (χ3n) is 5.67. The lowest BCUT2D eigenvalue weighted by Crippen LogP contribution is -2.13. The Bertz CT molecular complexity index is 1310. The summed E-state index contributed by atoms with van der Waals surface area (Å²) in [6, 6.07) is 8.30. The summed E-state index contributed by atoms with van der Waals surface area (Å²) >= 11 is 0. The van der Waals surface area contributed by atoms with Crippen molar-refractivity contribution >= 4 is 5.82 Å². The minimum atomic E-state index is -0.516. The van der Waals surface area contributed by atoms with E-state index in [0.29, 0.717) is 35.8 Å². The Kier molecular flexibility index (Phi) is 4.80. The second kappa shape index (κ2) is 7.67. The molecule has 2 N–H and O–H groups in total. The second-order valence-corrected chi connectivity index (χ2v) is 7.67. The predicted molar refractivity (Wildman–Crippen MR) is 117 cm³/mol. The molecule has 4 aromatic rings. The molecule has 1 aliphatic heterocycles. The summed E-state index contributed by atoms with van der Waals surface area (Å²) in [7, 11) is 1.57. The molecule has 32 heavy (non-hydrogen) atoms. The van der Waals surface area contributed by atoms with Gasteiger partial charge in [0.15, 0.2) is 11.6 Å². The Morgan fingerprint density at radius 2 is 2.09 bits per heavy atom. The number of rotatable bonds is 2. The van der Waals surface area contributed by atoms with Crippen LogP contribution in [0.2, 0.25) is 0 Å². The van der Waals surface area contributed by atoms with Crippen molar-refractivity contribution in [3.63, 3.8) is 0 Å². The number of aromatic nitrogens is 5. The highest BCUT2D eigenvalue weighted by molar-refractivity contribution is 5.68. The zero-order chi connectivity index (χ0) is 22.4. The Balaban J connectivity index is 1.81. The molecule has 1 atom stereocenters. The van der Waals surface area contributed by atoms with E-state index in [1.54, 1.807) is 24.1 Å². The number of halogens is 1. The van der Waals surface area contributed by atoms with Crippen molar-refractivity contribution in [1.82, 2.24) is 24.5 Å². The number of benzene rings is 1. The van der Waals surface area contributed by atoms with E-state index in [1.807, 2.05) is 36.9 Å². The second-order valence-electron chi connectivity index (χ2n) is 7.67. The van der Waals surface area contributed by atoms with Crippen molar-refractivity contribution in [2.75, 3.05) is 12.8 Å². The smallest absolute Gasteiger partial charge is 0.233 e. The maximum atomic E-state index is 14.3. The van der Waals surface area contributed by atoms with Gasteiger partial charge in [-0.3, -0.25) is 4.68 Å². The van der Waals surface area contributed by atoms with E-state index in [9.17, 15) is 4.39 Å². The SMILES string of the molecule is CCn1ncc2c1-c1cnc(N)c(c1)OC(C)c1cc(F)ccc1-n1nc(OC)cc1C2. The first kappa shape index (κ1) is 20.0. The Hall–Kier alpha value is -3.88. The third-order valence-corrected chi connectivity index (χ3v) is 5.67. The fourth-order valence-corrected chi connectivity index (χ4v) is 4.13. The van der Waals surface area contributed by atoms with Gasteiger partial charge in [-0.1, -0.05) is 0 Å². The van der Waals surface area contributed by atoms with Crippen LogP contribution in [0.3, 0.4) is 0 Å². The zero-order valence-electron chi connectivity index (χ0n) is 18.0. The average Bonchev–Trinajstić information content (AvgIpc) is 3.38. The molecule has 0 amide bonds. The van der Waals surface area contributed by atoms with E-state index in [0.717, 1.165) is 22.5 Å². The number of hydrogen-bond acceptors (Lipinski definition) is 6. The molecule has 0 saturated carbocycles. The van der Waals surface area contributed by atoms with Crippen LogP contribution in [-0.4, -0.2) is 31.7 Å². The van der Waals surface area contributed by atoms with Crippen molar-refractivity contribution in [1.29, 1.82) is 0 Å². The van der Waals surface area contributed by atoms with Crippen LogP contribution in [0.25, 0.3) is 16.9 Å². The molecule has 3 aromatic heterocycles. The Morgan fingerprint density at radius 3 is 2.88 bits per heavy atom. The van der Waals surface area contributed by atoms with E-state index >= 15 is 0 Å². The van der Waals surface area contributed by atoms with Gasteiger partial charge in [0, 0.05) is 41.9 Å². The average molecular weight is 434 g/mol. The standard InChI is InChI=1S/C23H23FN6O2/c1-4-29-22-14(12-27-29)7-17-10-21(31-3)28-30(17)19-6-5-16(24)9-18(19)13(2)32-20-8-15(22)11-26-23(20)25/h5-6,8-13H,4,7H2,1-3H3,(H2,25,26). The van der Waals surface area contributed by atoms with Crippen LogP contribution in [0.4, 0.5) is 10.2 Å². The molecule has 5 rings (SSSR count). The van der Waals surface area contributed by atoms with Gasteiger partial charge >= 0.3 is 0 Å². The third kappa shape index (κ3) is 3.26. The minimum Gasteiger partial charge on any atom is -0.482 e. The molecule has 1 unspecified atom stereocenters. The summed E-state index contributed by atoms with van der Waals surface area (Å²) in [6.07, 6.45) is 3.59. The molecular formula is C23H23FN6O2. The fourth-order valence-electron chi connectivity index (χ4n) is 4.13. The Morgan fingerprint density at radius 1 is 1.25 bits per heavy atom. The van der Waals surface area contributed by atoms with Crippen LogP contribution in [-0.2, 0) is 13.0 Å².